The summed E-state index contributed by atoms with van der Waals surface area (Å²) in [6.07, 6.45) is 2.76. The number of carbonyl (C=O) groups is 1. The third-order valence-corrected chi connectivity index (χ3v) is 3.06. The SMILES string of the molecule is CC1(C)CNCC2(C=C(C#N)C(=O)CC2)O1. The van der Waals surface area contributed by atoms with Gasteiger partial charge in [0.1, 0.15) is 11.7 Å². The van der Waals surface area contributed by atoms with Crippen LogP contribution in [0.1, 0.15) is 26.7 Å². The number of morpholine rings is 1. The zero-order valence-corrected chi connectivity index (χ0v) is 9.67. The summed E-state index contributed by atoms with van der Waals surface area (Å²) in [5, 5.41) is 12.2. The number of rotatable bonds is 0. The van der Waals surface area contributed by atoms with Crippen molar-refractivity contribution in [3.05, 3.63) is 11.6 Å². The standard InChI is InChI=1S/C12H16N2O2/c1-11(2)7-14-8-12(16-11)4-3-10(15)9(5-12)6-13/h5,14H,3-4,7-8H2,1-2H3. The summed E-state index contributed by atoms with van der Waals surface area (Å²) in [5.41, 5.74) is -0.484. The molecule has 0 bridgehead atoms. The highest BCUT2D eigenvalue weighted by Crippen LogP contribution is 2.33. The van der Waals surface area contributed by atoms with E-state index in [4.69, 9.17) is 10.00 Å². The number of nitrogens with zero attached hydrogens (tertiary/aromatic N) is 1. The second-order valence-electron chi connectivity index (χ2n) is 5.12. The van der Waals surface area contributed by atoms with E-state index in [1.807, 2.05) is 19.9 Å². The van der Waals surface area contributed by atoms with Crippen molar-refractivity contribution in [1.29, 1.82) is 5.26 Å². The van der Waals surface area contributed by atoms with Crippen LogP contribution in [0.2, 0.25) is 0 Å². The summed E-state index contributed by atoms with van der Waals surface area (Å²) in [5.74, 6) is -0.0693. The highest BCUT2D eigenvalue weighted by molar-refractivity contribution is 6.00. The van der Waals surface area contributed by atoms with Crippen LogP contribution in [0.15, 0.2) is 11.6 Å². The van der Waals surface area contributed by atoms with E-state index in [0.29, 0.717) is 19.4 Å². The number of nitrogens with one attached hydrogen (secondary N) is 1. The molecule has 1 aliphatic carbocycles. The molecule has 0 saturated carbocycles. The van der Waals surface area contributed by atoms with Crippen LogP contribution in [0.4, 0.5) is 0 Å². The number of hydrogen-bond donors (Lipinski definition) is 1. The van der Waals surface area contributed by atoms with Crippen molar-refractivity contribution in [3.8, 4) is 6.07 Å². The van der Waals surface area contributed by atoms with Gasteiger partial charge in [-0.2, -0.15) is 5.26 Å². The van der Waals surface area contributed by atoms with Gasteiger partial charge in [0.05, 0.1) is 11.2 Å². The topological polar surface area (TPSA) is 62.1 Å². The van der Waals surface area contributed by atoms with E-state index in [-0.39, 0.29) is 17.0 Å². The van der Waals surface area contributed by atoms with Crippen LogP contribution in [-0.4, -0.2) is 30.1 Å². The van der Waals surface area contributed by atoms with E-state index in [2.05, 4.69) is 5.32 Å². The molecule has 86 valence electrons. The lowest BCUT2D eigenvalue weighted by Crippen LogP contribution is -2.58. The molecule has 16 heavy (non-hydrogen) atoms. The summed E-state index contributed by atoms with van der Waals surface area (Å²) in [4.78, 5) is 11.4. The molecule has 1 spiro atoms. The van der Waals surface area contributed by atoms with Crippen molar-refractivity contribution < 1.29 is 9.53 Å². The van der Waals surface area contributed by atoms with Gasteiger partial charge in [0, 0.05) is 19.5 Å². The molecular weight excluding hydrogens is 204 g/mol. The second kappa shape index (κ2) is 3.69. The Balaban J connectivity index is 2.30. The summed E-state index contributed by atoms with van der Waals surface area (Å²) >= 11 is 0. The molecule has 2 aliphatic rings. The second-order valence-corrected chi connectivity index (χ2v) is 5.12. The fourth-order valence-electron chi connectivity index (χ4n) is 2.39. The highest BCUT2D eigenvalue weighted by atomic mass is 16.5. The van der Waals surface area contributed by atoms with Crippen LogP contribution < -0.4 is 5.32 Å². The number of ketones is 1. The van der Waals surface area contributed by atoms with Crippen molar-refractivity contribution in [2.24, 2.45) is 0 Å². The maximum Gasteiger partial charge on any atom is 0.173 e. The minimum absolute atomic E-state index is 0.0693. The molecule has 0 aromatic carbocycles. The molecule has 1 saturated heterocycles. The molecular formula is C12H16N2O2. The van der Waals surface area contributed by atoms with E-state index in [1.54, 1.807) is 6.08 Å². The van der Waals surface area contributed by atoms with E-state index in [0.717, 1.165) is 6.54 Å². The third kappa shape index (κ3) is 2.01. The van der Waals surface area contributed by atoms with E-state index >= 15 is 0 Å². The Kier molecular flexibility index (Phi) is 2.61. The fraction of sp³-hybridized carbons (Fsp3) is 0.667. The van der Waals surface area contributed by atoms with Crippen molar-refractivity contribution in [1.82, 2.24) is 5.32 Å². The Labute approximate surface area is 95.3 Å². The van der Waals surface area contributed by atoms with Gasteiger partial charge in [0.2, 0.25) is 0 Å². The van der Waals surface area contributed by atoms with Crippen LogP contribution in [0.3, 0.4) is 0 Å². The first-order valence-corrected chi connectivity index (χ1v) is 5.53. The highest BCUT2D eigenvalue weighted by Gasteiger charge is 2.42. The van der Waals surface area contributed by atoms with Crippen molar-refractivity contribution in [2.75, 3.05) is 13.1 Å². The van der Waals surface area contributed by atoms with E-state index in [1.165, 1.54) is 0 Å². The number of ether oxygens (including phenoxy) is 1. The molecule has 0 aromatic heterocycles. The Morgan fingerprint density at radius 2 is 2.25 bits per heavy atom. The quantitative estimate of drug-likeness (QED) is 0.660. The Bertz CT molecular complexity index is 392. The number of Topliss-reactive ketones (excluding diaryl/α,β-unsaturated/α-hetero) is 1. The molecule has 1 unspecified atom stereocenters. The first kappa shape index (κ1) is 11.3. The van der Waals surface area contributed by atoms with Gasteiger partial charge in [0.15, 0.2) is 5.78 Å². The van der Waals surface area contributed by atoms with Gasteiger partial charge in [-0.3, -0.25) is 4.79 Å². The number of hydrogen-bond acceptors (Lipinski definition) is 4. The van der Waals surface area contributed by atoms with Crippen molar-refractivity contribution >= 4 is 5.78 Å². The molecule has 1 heterocycles. The van der Waals surface area contributed by atoms with Crippen LogP contribution in [0.5, 0.6) is 0 Å². The summed E-state index contributed by atoms with van der Waals surface area (Å²) in [6, 6.07) is 1.96. The minimum atomic E-state index is -0.472. The maximum atomic E-state index is 11.4. The molecule has 1 aliphatic heterocycles. The molecule has 4 heteroatoms. The smallest absolute Gasteiger partial charge is 0.173 e. The molecule has 0 amide bonds. The molecule has 1 atom stereocenters. The van der Waals surface area contributed by atoms with Crippen LogP contribution in [-0.2, 0) is 9.53 Å². The van der Waals surface area contributed by atoms with Crippen molar-refractivity contribution in [3.63, 3.8) is 0 Å². The molecule has 0 radical (unpaired) electrons. The zero-order chi connectivity index (χ0) is 11.8. The van der Waals surface area contributed by atoms with Gasteiger partial charge in [-0.05, 0) is 26.3 Å². The Morgan fingerprint density at radius 3 is 2.88 bits per heavy atom. The number of allylic oxidation sites excluding steroid dienone is 1. The molecule has 1 N–H and O–H groups in total. The minimum Gasteiger partial charge on any atom is -0.362 e. The Hall–Kier alpha value is -1.18. The lowest BCUT2D eigenvalue weighted by atomic mass is 9.84. The summed E-state index contributed by atoms with van der Waals surface area (Å²) < 4.78 is 6.04. The largest absolute Gasteiger partial charge is 0.362 e. The van der Waals surface area contributed by atoms with Crippen LogP contribution >= 0.6 is 0 Å². The number of nitriles is 1. The molecule has 1 fully saturated rings. The lowest BCUT2D eigenvalue weighted by molar-refractivity contribution is -0.146. The fourth-order valence-corrected chi connectivity index (χ4v) is 2.39. The predicted octanol–water partition coefficient (Wildman–Crippen LogP) is 0.936. The summed E-state index contributed by atoms with van der Waals surface area (Å²) in [7, 11) is 0. The average molecular weight is 220 g/mol. The Morgan fingerprint density at radius 1 is 1.50 bits per heavy atom. The van der Waals surface area contributed by atoms with Gasteiger partial charge in [-0.25, -0.2) is 0 Å². The number of carbonyl (C=O) groups excluding carboxylic acids is 1. The van der Waals surface area contributed by atoms with Gasteiger partial charge in [-0.15, -0.1) is 0 Å². The van der Waals surface area contributed by atoms with Gasteiger partial charge < -0.3 is 10.1 Å². The third-order valence-electron chi connectivity index (χ3n) is 3.06. The van der Waals surface area contributed by atoms with Gasteiger partial charge in [0.25, 0.3) is 0 Å². The van der Waals surface area contributed by atoms with Gasteiger partial charge >= 0.3 is 0 Å². The molecule has 0 aromatic rings. The van der Waals surface area contributed by atoms with Crippen LogP contribution in [0, 0.1) is 11.3 Å². The predicted molar refractivity (Wildman–Crippen MR) is 58.7 cm³/mol. The molecule has 4 nitrogen and oxygen atoms in total. The maximum absolute atomic E-state index is 11.4. The van der Waals surface area contributed by atoms with Crippen LogP contribution in [0.25, 0.3) is 0 Å². The monoisotopic (exact) mass is 220 g/mol. The first-order valence-electron chi connectivity index (χ1n) is 5.53. The van der Waals surface area contributed by atoms with E-state index < -0.39 is 5.60 Å². The zero-order valence-electron chi connectivity index (χ0n) is 9.67. The lowest BCUT2D eigenvalue weighted by Gasteiger charge is -2.45. The first-order chi connectivity index (χ1) is 7.46. The van der Waals surface area contributed by atoms with Gasteiger partial charge in [-0.1, -0.05) is 0 Å². The summed E-state index contributed by atoms with van der Waals surface area (Å²) in [6.45, 7) is 5.49. The van der Waals surface area contributed by atoms with E-state index in [9.17, 15) is 4.79 Å². The normalized spacial score (nSPS) is 33.3. The average Bonchev–Trinajstić information content (AvgIpc) is 2.21. The molecule has 2 rings (SSSR count). The van der Waals surface area contributed by atoms with Crippen molar-refractivity contribution in [2.45, 2.75) is 37.9 Å².